The van der Waals surface area contributed by atoms with Gasteiger partial charge >= 0.3 is 5.69 Å². The van der Waals surface area contributed by atoms with E-state index >= 15 is 0 Å². The van der Waals surface area contributed by atoms with Gasteiger partial charge in [-0.25, -0.2) is 4.79 Å². The van der Waals surface area contributed by atoms with Crippen LogP contribution in [-0.2, 0) is 20.8 Å². The van der Waals surface area contributed by atoms with Gasteiger partial charge in [0, 0.05) is 0 Å². The van der Waals surface area contributed by atoms with Crippen LogP contribution in [0, 0.1) is 13.8 Å². The zero-order chi connectivity index (χ0) is 15.6. The third kappa shape index (κ3) is 3.79. The summed E-state index contributed by atoms with van der Waals surface area (Å²) in [7, 11) is -3.51. The fourth-order valence-corrected chi connectivity index (χ4v) is 2.26. The van der Waals surface area contributed by atoms with E-state index in [1.165, 1.54) is 9.25 Å². The maximum Gasteiger partial charge on any atom is 0.350 e. The molecule has 0 N–H and O–H groups in total. The number of aryl methyl sites for hydroxylation is 2. The van der Waals surface area contributed by atoms with Crippen LogP contribution in [0.3, 0.4) is 0 Å². The summed E-state index contributed by atoms with van der Waals surface area (Å²) in [6.07, 6.45) is 0.971. The Kier molecular flexibility index (Phi) is 4.29. The zero-order valence-electron chi connectivity index (χ0n) is 12.1. The molecule has 0 fully saturated rings. The maximum atomic E-state index is 12.3. The van der Waals surface area contributed by atoms with Gasteiger partial charge in [0.1, 0.15) is 5.82 Å². The van der Waals surface area contributed by atoms with E-state index in [1.807, 2.05) is 19.1 Å². The number of hydrogen-bond acceptors (Lipinski definition) is 5. The van der Waals surface area contributed by atoms with Crippen molar-refractivity contribution < 1.29 is 12.6 Å². The van der Waals surface area contributed by atoms with E-state index in [4.69, 9.17) is 0 Å². The molecule has 1 heterocycles. The minimum absolute atomic E-state index is 0.0980. The van der Waals surface area contributed by atoms with Crippen molar-refractivity contribution in [2.75, 3.05) is 12.9 Å². The molecule has 0 aliphatic carbocycles. The third-order valence-corrected chi connectivity index (χ3v) is 3.53. The topological polar surface area (TPSA) is 83.2 Å². The zero-order valence-corrected chi connectivity index (χ0v) is 12.9. The summed E-state index contributed by atoms with van der Waals surface area (Å²) < 4.78 is 29.2. The molecule has 7 nitrogen and oxygen atoms in total. The van der Waals surface area contributed by atoms with Gasteiger partial charge in [-0.3, -0.25) is 8.75 Å². The quantitative estimate of drug-likeness (QED) is 0.756. The fourth-order valence-electron chi connectivity index (χ4n) is 1.89. The summed E-state index contributed by atoms with van der Waals surface area (Å²) in [6.45, 7) is 3.67. The Hall–Kier alpha value is -1.93. The summed E-state index contributed by atoms with van der Waals surface area (Å²) in [4.78, 5) is 12.3. The molecule has 0 unspecified atom stereocenters. The maximum absolute atomic E-state index is 12.3. The number of aromatic nitrogens is 3. The second-order valence-corrected chi connectivity index (χ2v) is 6.40. The van der Waals surface area contributed by atoms with Crippen molar-refractivity contribution in [3.63, 3.8) is 0 Å². The normalized spacial score (nSPS) is 11.8. The van der Waals surface area contributed by atoms with Gasteiger partial charge in [0.2, 0.25) is 0 Å². The van der Waals surface area contributed by atoms with Crippen molar-refractivity contribution in [1.29, 1.82) is 0 Å². The van der Waals surface area contributed by atoms with E-state index in [-0.39, 0.29) is 18.8 Å². The molecular weight excluding hydrogens is 294 g/mol. The largest absolute Gasteiger partial charge is 0.350 e. The second-order valence-electron chi connectivity index (χ2n) is 4.75. The second kappa shape index (κ2) is 5.82. The average Bonchev–Trinajstić information content (AvgIpc) is 2.66. The van der Waals surface area contributed by atoms with Crippen molar-refractivity contribution >= 4 is 10.1 Å². The Morgan fingerprint density at radius 1 is 1.19 bits per heavy atom. The van der Waals surface area contributed by atoms with Gasteiger partial charge in [-0.15, -0.1) is 0 Å². The monoisotopic (exact) mass is 311 g/mol. The lowest BCUT2D eigenvalue weighted by Gasteiger charge is -2.02. The first-order valence-corrected chi connectivity index (χ1v) is 8.17. The van der Waals surface area contributed by atoms with Crippen molar-refractivity contribution in [2.24, 2.45) is 0 Å². The summed E-state index contributed by atoms with van der Waals surface area (Å²) in [6, 6.07) is 7.40. The Morgan fingerprint density at radius 3 is 2.38 bits per heavy atom. The van der Waals surface area contributed by atoms with Gasteiger partial charge in [0.25, 0.3) is 10.1 Å². The molecule has 0 saturated carbocycles. The first-order valence-electron chi connectivity index (χ1n) is 6.36. The van der Waals surface area contributed by atoms with Crippen LogP contribution in [0.4, 0.5) is 0 Å². The predicted molar refractivity (Wildman–Crippen MR) is 78.1 cm³/mol. The molecule has 0 bridgehead atoms. The summed E-state index contributed by atoms with van der Waals surface area (Å²) >= 11 is 0. The lowest BCUT2D eigenvalue weighted by Crippen LogP contribution is -2.26. The number of benzene rings is 1. The van der Waals surface area contributed by atoms with Crippen molar-refractivity contribution in [3.05, 3.63) is 46.1 Å². The van der Waals surface area contributed by atoms with Gasteiger partial charge in [-0.2, -0.15) is 18.2 Å². The molecule has 0 saturated heterocycles. The first kappa shape index (κ1) is 15.5. The molecule has 0 aliphatic heterocycles. The van der Waals surface area contributed by atoms with E-state index in [1.54, 1.807) is 19.1 Å². The molecule has 0 atom stereocenters. The third-order valence-electron chi connectivity index (χ3n) is 2.94. The van der Waals surface area contributed by atoms with Crippen LogP contribution in [0.2, 0.25) is 0 Å². The number of hydrogen-bond donors (Lipinski definition) is 0. The van der Waals surface area contributed by atoms with E-state index < -0.39 is 10.1 Å². The molecule has 114 valence electrons. The van der Waals surface area contributed by atoms with E-state index in [0.29, 0.717) is 11.5 Å². The molecular formula is C13H17N3O4S. The summed E-state index contributed by atoms with van der Waals surface area (Å²) in [5.41, 5.74) is 1.43. The number of nitrogens with zero attached hydrogens (tertiary/aromatic N) is 3. The highest BCUT2D eigenvalue weighted by molar-refractivity contribution is 7.85. The Labute approximate surface area is 122 Å². The van der Waals surface area contributed by atoms with Crippen molar-refractivity contribution in [1.82, 2.24) is 14.3 Å². The molecule has 0 aliphatic rings. The smallest absolute Gasteiger partial charge is 0.276 e. The Bertz CT molecular complexity index is 788. The van der Waals surface area contributed by atoms with Crippen LogP contribution in [-0.4, -0.2) is 35.6 Å². The minimum Gasteiger partial charge on any atom is -0.276 e. The average molecular weight is 311 g/mol. The fraction of sp³-hybridized carbons (Fsp3) is 0.385. The Balaban J connectivity index is 2.25. The van der Waals surface area contributed by atoms with Gasteiger partial charge in [-0.05, 0) is 26.0 Å². The van der Waals surface area contributed by atoms with Crippen LogP contribution < -0.4 is 5.69 Å². The SMILES string of the molecule is Cc1ccc(-n2nc(C)n(CCOS(C)(=O)=O)c2=O)cc1. The minimum atomic E-state index is -3.51. The van der Waals surface area contributed by atoms with Gasteiger partial charge in [0.15, 0.2) is 0 Å². The standard InChI is InChI=1S/C13H17N3O4S/c1-10-4-6-12(7-5-10)16-13(17)15(11(2)14-16)8-9-20-21(3,18)19/h4-7H,8-9H2,1-3H3. The van der Waals surface area contributed by atoms with Gasteiger partial charge in [-0.1, -0.05) is 17.7 Å². The Morgan fingerprint density at radius 2 is 1.81 bits per heavy atom. The molecule has 0 amide bonds. The van der Waals surface area contributed by atoms with Crippen LogP contribution in [0.1, 0.15) is 11.4 Å². The molecule has 1 aromatic carbocycles. The predicted octanol–water partition coefficient (Wildman–Crippen LogP) is 0.627. The molecule has 2 aromatic rings. The van der Waals surface area contributed by atoms with E-state index in [9.17, 15) is 13.2 Å². The van der Waals surface area contributed by atoms with Gasteiger partial charge in [0.05, 0.1) is 25.1 Å². The molecule has 21 heavy (non-hydrogen) atoms. The molecule has 1 aromatic heterocycles. The summed E-state index contributed by atoms with van der Waals surface area (Å²) in [5.74, 6) is 0.498. The van der Waals surface area contributed by atoms with Crippen molar-refractivity contribution in [3.8, 4) is 5.69 Å². The van der Waals surface area contributed by atoms with Crippen LogP contribution in [0.25, 0.3) is 5.69 Å². The number of rotatable bonds is 5. The van der Waals surface area contributed by atoms with Crippen LogP contribution in [0.15, 0.2) is 29.1 Å². The molecule has 8 heteroatoms. The van der Waals surface area contributed by atoms with Crippen LogP contribution >= 0.6 is 0 Å². The summed E-state index contributed by atoms with van der Waals surface area (Å²) in [5, 5.41) is 4.19. The lowest BCUT2D eigenvalue weighted by molar-refractivity contribution is 0.300. The molecule has 2 rings (SSSR count). The lowest BCUT2D eigenvalue weighted by atomic mass is 10.2. The molecule has 0 radical (unpaired) electrons. The van der Waals surface area contributed by atoms with E-state index in [2.05, 4.69) is 9.28 Å². The highest BCUT2D eigenvalue weighted by Gasteiger charge is 2.12. The highest BCUT2D eigenvalue weighted by Crippen LogP contribution is 2.06. The van der Waals surface area contributed by atoms with Gasteiger partial charge < -0.3 is 0 Å². The van der Waals surface area contributed by atoms with Crippen LogP contribution in [0.5, 0.6) is 0 Å². The highest BCUT2D eigenvalue weighted by atomic mass is 32.2. The molecule has 0 spiro atoms. The first-order chi connectivity index (χ1) is 9.78. The van der Waals surface area contributed by atoms with Crippen molar-refractivity contribution in [2.45, 2.75) is 20.4 Å². The van der Waals surface area contributed by atoms with E-state index in [0.717, 1.165) is 11.8 Å².